The van der Waals surface area contributed by atoms with Crippen LogP contribution < -0.4 is 20.3 Å². The Kier molecular flexibility index (Phi) is 6.78. The summed E-state index contributed by atoms with van der Waals surface area (Å²) >= 11 is 0. The van der Waals surface area contributed by atoms with E-state index in [-0.39, 0.29) is 17.6 Å². The molecule has 10 nitrogen and oxygen atoms in total. The number of benzene rings is 2. The minimum absolute atomic E-state index is 0.206. The first-order chi connectivity index (χ1) is 18.8. The fraction of sp³-hybridized carbons (Fsp3) is 0.429. The number of carbonyl (C=O) groups excluding carboxylic acids is 1. The molecule has 4 aromatic rings. The Morgan fingerprint density at radius 3 is 2.77 bits per heavy atom. The lowest BCUT2D eigenvalue weighted by atomic mass is 10.0. The molecular weight excluding hydrogens is 501 g/mol. The van der Waals surface area contributed by atoms with Crippen molar-refractivity contribution in [2.75, 3.05) is 36.5 Å². The number of piperazine rings is 1. The second kappa shape index (κ2) is 10.4. The third kappa shape index (κ3) is 5.24. The third-order valence-electron chi connectivity index (χ3n) is 7.25. The number of carbonyl (C=O) groups is 1. The van der Waals surface area contributed by atoms with Crippen LogP contribution in [0.3, 0.4) is 0 Å². The van der Waals surface area contributed by atoms with E-state index < -0.39 is 11.7 Å². The highest BCUT2D eigenvalue weighted by Crippen LogP contribution is 2.31. The quantitative estimate of drug-likeness (QED) is 0.371. The highest BCUT2D eigenvalue weighted by Gasteiger charge is 2.25. The van der Waals surface area contributed by atoms with Crippen LogP contribution in [0.15, 0.2) is 36.7 Å². The molecule has 1 unspecified atom stereocenters. The minimum atomic E-state index is -0.501. The number of halogens is 1. The predicted octanol–water partition coefficient (Wildman–Crippen LogP) is 3.65. The van der Waals surface area contributed by atoms with Gasteiger partial charge in [0.05, 0.1) is 23.8 Å². The molecule has 204 valence electrons. The lowest BCUT2D eigenvalue weighted by Crippen LogP contribution is -2.54. The van der Waals surface area contributed by atoms with Gasteiger partial charge in [-0.25, -0.2) is 9.37 Å². The third-order valence-corrected chi connectivity index (χ3v) is 7.25. The number of anilines is 2. The predicted molar refractivity (Wildman–Crippen MR) is 147 cm³/mol. The van der Waals surface area contributed by atoms with Crippen LogP contribution >= 0.6 is 0 Å². The van der Waals surface area contributed by atoms with Crippen molar-refractivity contribution >= 4 is 39.1 Å². The van der Waals surface area contributed by atoms with Gasteiger partial charge in [-0.15, -0.1) is 0 Å². The zero-order valence-corrected chi connectivity index (χ0v) is 22.3. The molecule has 6 rings (SSSR count). The molecule has 2 aromatic heterocycles. The maximum absolute atomic E-state index is 14.7. The van der Waals surface area contributed by atoms with E-state index in [9.17, 15) is 9.18 Å². The number of hydrogen-bond acceptors (Lipinski definition) is 8. The van der Waals surface area contributed by atoms with E-state index in [1.54, 1.807) is 36.3 Å². The zero-order chi connectivity index (χ0) is 27.1. The molecule has 0 spiro atoms. The van der Waals surface area contributed by atoms with Crippen LogP contribution in [0, 0.1) is 5.82 Å². The molecule has 4 heterocycles. The van der Waals surface area contributed by atoms with Crippen LogP contribution in [0.4, 0.5) is 15.8 Å². The van der Waals surface area contributed by atoms with Crippen LogP contribution in [0.1, 0.15) is 37.0 Å². The number of amides is 1. The molecular formula is C28H32FN7O3. The monoisotopic (exact) mass is 533 g/mol. The highest BCUT2D eigenvalue weighted by molar-refractivity contribution is 6.14. The van der Waals surface area contributed by atoms with Crippen LogP contribution in [-0.4, -0.2) is 70.1 Å². The Labute approximate surface area is 225 Å². The van der Waals surface area contributed by atoms with Crippen molar-refractivity contribution in [1.29, 1.82) is 0 Å². The second-order valence-corrected chi connectivity index (χ2v) is 10.5. The van der Waals surface area contributed by atoms with Gasteiger partial charge in [-0.2, -0.15) is 10.1 Å². The molecule has 0 bridgehead atoms. The number of nitrogens with one attached hydrogen (secondary N) is 2. The van der Waals surface area contributed by atoms with Crippen molar-refractivity contribution in [3.63, 3.8) is 0 Å². The van der Waals surface area contributed by atoms with Gasteiger partial charge >= 0.3 is 6.01 Å². The fourth-order valence-electron chi connectivity index (χ4n) is 5.42. The SMILES string of the molecule is C[C@H]1CN(c2ccc(C(=O)Nc3cc(F)c4nn(C)cc4c3)c3nc(OCCC4CCO4)ncc23)C[C@H](C)N1. The highest BCUT2D eigenvalue weighted by atomic mass is 19.1. The molecule has 3 atom stereocenters. The summed E-state index contributed by atoms with van der Waals surface area (Å²) in [6, 6.07) is 7.50. The maximum atomic E-state index is 14.7. The molecule has 0 radical (unpaired) electrons. The van der Waals surface area contributed by atoms with E-state index in [2.05, 4.69) is 44.4 Å². The number of aryl methyl sites for hydroxylation is 1. The van der Waals surface area contributed by atoms with E-state index in [1.165, 1.54) is 6.07 Å². The summed E-state index contributed by atoms with van der Waals surface area (Å²) in [4.78, 5) is 25.0. The number of aromatic nitrogens is 4. The number of fused-ring (bicyclic) bond motifs is 2. The van der Waals surface area contributed by atoms with Gasteiger partial charge in [-0.3, -0.25) is 9.48 Å². The molecule has 0 saturated carbocycles. The molecule has 1 amide bonds. The van der Waals surface area contributed by atoms with Crippen molar-refractivity contribution < 1.29 is 18.7 Å². The van der Waals surface area contributed by atoms with Gasteiger partial charge in [0.25, 0.3) is 5.91 Å². The Hall–Kier alpha value is -3.83. The van der Waals surface area contributed by atoms with Crippen molar-refractivity contribution in [2.24, 2.45) is 7.05 Å². The lowest BCUT2D eigenvalue weighted by molar-refractivity contribution is -0.0600. The average Bonchev–Trinajstić information content (AvgIpc) is 3.24. The van der Waals surface area contributed by atoms with E-state index >= 15 is 0 Å². The molecule has 2 aliphatic rings. The van der Waals surface area contributed by atoms with Crippen molar-refractivity contribution in [2.45, 2.75) is 44.9 Å². The van der Waals surface area contributed by atoms with E-state index in [0.717, 1.165) is 43.6 Å². The zero-order valence-electron chi connectivity index (χ0n) is 22.3. The standard InChI is InChI=1S/C28H32FN7O3/c1-16-13-36(14-17(2)31-16)24-5-4-21(26-22(24)12-30-28(33-26)39-9-7-20-6-8-38-20)27(37)32-19-10-18-15-35(3)34-25(18)23(29)11-19/h4-5,10-12,15-17,20,31H,6-9,13-14H2,1-3H3,(H,32,37)/t16-,17-,20?/m0/s1. The Bertz CT molecular complexity index is 1530. The van der Waals surface area contributed by atoms with Gasteiger partial charge in [0.1, 0.15) is 5.52 Å². The number of hydrogen-bond donors (Lipinski definition) is 2. The molecule has 2 N–H and O–H groups in total. The van der Waals surface area contributed by atoms with Crippen LogP contribution in [0.5, 0.6) is 6.01 Å². The number of ether oxygens (including phenoxy) is 2. The summed E-state index contributed by atoms with van der Waals surface area (Å²) < 4.78 is 27.5. The second-order valence-electron chi connectivity index (χ2n) is 10.5. The fourth-order valence-corrected chi connectivity index (χ4v) is 5.42. The average molecular weight is 534 g/mol. The summed E-state index contributed by atoms with van der Waals surface area (Å²) in [5.74, 6) is -0.900. The first-order valence-electron chi connectivity index (χ1n) is 13.3. The van der Waals surface area contributed by atoms with Crippen molar-refractivity contribution in [3.05, 3.63) is 48.0 Å². The first kappa shape index (κ1) is 25.4. The molecule has 11 heteroatoms. The van der Waals surface area contributed by atoms with Crippen molar-refractivity contribution in [1.82, 2.24) is 25.1 Å². The Balaban J connectivity index is 1.34. The van der Waals surface area contributed by atoms with Crippen LogP contribution in [-0.2, 0) is 11.8 Å². The molecule has 2 aromatic carbocycles. The molecule has 2 saturated heterocycles. The molecule has 2 fully saturated rings. The maximum Gasteiger partial charge on any atom is 0.316 e. The summed E-state index contributed by atoms with van der Waals surface area (Å²) in [5.41, 5.74) is 2.39. The van der Waals surface area contributed by atoms with Crippen LogP contribution in [0.2, 0.25) is 0 Å². The summed E-state index contributed by atoms with van der Waals surface area (Å²) in [7, 11) is 1.73. The van der Waals surface area contributed by atoms with Gasteiger partial charge in [0.2, 0.25) is 0 Å². The normalized spacial score (nSPS) is 21.2. The summed E-state index contributed by atoms with van der Waals surface area (Å²) in [5, 5.41) is 11.9. The van der Waals surface area contributed by atoms with Crippen molar-refractivity contribution in [3.8, 4) is 6.01 Å². The number of rotatable bonds is 7. The Morgan fingerprint density at radius 2 is 2.03 bits per heavy atom. The smallest absolute Gasteiger partial charge is 0.316 e. The van der Waals surface area contributed by atoms with Gasteiger partial charge in [-0.05, 0) is 44.5 Å². The Morgan fingerprint density at radius 1 is 1.23 bits per heavy atom. The van der Waals surface area contributed by atoms with Crippen LogP contribution in [0.25, 0.3) is 21.8 Å². The number of nitrogens with zero attached hydrogens (tertiary/aromatic N) is 5. The van der Waals surface area contributed by atoms with E-state index in [0.29, 0.717) is 40.8 Å². The largest absolute Gasteiger partial charge is 0.463 e. The van der Waals surface area contributed by atoms with Gasteiger partial charge < -0.3 is 25.0 Å². The summed E-state index contributed by atoms with van der Waals surface area (Å²) in [6.45, 7) is 7.15. The first-order valence-corrected chi connectivity index (χ1v) is 13.3. The molecule has 2 aliphatic heterocycles. The summed E-state index contributed by atoms with van der Waals surface area (Å²) in [6.07, 6.45) is 5.44. The topological polar surface area (TPSA) is 106 Å². The van der Waals surface area contributed by atoms with E-state index in [1.807, 2.05) is 6.07 Å². The van der Waals surface area contributed by atoms with Gasteiger partial charge in [0.15, 0.2) is 5.82 Å². The molecule has 0 aliphatic carbocycles. The van der Waals surface area contributed by atoms with Gasteiger partial charge in [-0.1, -0.05) is 0 Å². The lowest BCUT2D eigenvalue weighted by Gasteiger charge is -2.38. The van der Waals surface area contributed by atoms with E-state index in [4.69, 9.17) is 9.47 Å². The molecule has 39 heavy (non-hydrogen) atoms. The van der Waals surface area contributed by atoms with Gasteiger partial charge in [0, 0.05) is 79.8 Å². The minimum Gasteiger partial charge on any atom is -0.463 e.